The molecule has 1 aliphatic rings. The highest BCUT2D eigenvalue weighted by atomic mass is 79.9. The quantitative estimate of drug-likeness (QED) is 0.213. The van der Waals surface area contributed by atoms with E-state index < -0.39 is 11.9 Å². The molecule has 1 aliphatic heterocycles. The molecule has 0 saturated heterocycles. The van der Waals surface area contributed by atoms with Crippen molar-refractivity contribution in [3.63, 3.8) is 0 Å². The minimum absolute atomic E-state index is 0.126. The third-order valence-electron chi connectivity index (χ3n) is 4.25. The van der Waals surface area contributed by atoms with Crippen molar-refractivity contribution < 1.29 is 23.8 Å². The molecule has 1 N–H and O–H groups in total. The summed E-state index contributed by atoms with van der Waals surface area (Å²) >= 11 is 6.80. The molecule has 1 amide bonds. The lowest BCUT2D eigenvalue weighted by Gasteiger charge is -2.10. The van der Waals surface area contributed by atoms with Gasteiger partial charge in [-0.1, -0.05) is 34.1 Å². The number of halogens is 2. The van der Waals surface area contributed by atoms with E-state index >= 15 is 0 Å². The zero-order valence-electron chi connectivity index (χ0n) is 15.8. The van der Waals surface area contributed by atoms with Gasteiger partial charge in [-0.25, -0.2) is 10.2 Å². The standard InChI is InChI=1S/C22H14Br2N2O5/c23-16-8-15(20(17(24)10-16)31-22(28)13-4-2-1-3-5-13)11-25-26-21(27)14-6-7-18-19(9-14)30-12-29-18/h1-11H,12H2,(H,26,27)/b25-11+. The van der Waals surface area contributed by atoms with Crippen LogP contribution >= 0.6 is 31.9 Å². The van der Waals surface area contributed by atoms with Gasteiger partial charge in [0.1, 0.15) is 0 Å². The summed E-state index contributed by atoms with van der Waals surface area (Å²) in [5.41, 5.74) is 3.72. The Labute approximate surface area is 194 Å². The summed E-state index contributed by atoms with van der Waals surface area (Å²) in [5.74, 6) is 0.429. The van der Waals surface area contributed by atoms with Gasteiger partial charge in [0.2, 0.25) is 6.79 Å². The average molecular weight is 546 g/mol. The van der Waals surface area contributed by atoms with E-state index in [1.54, 1.807) is 54.6 Å². The van der Waals surface area contributed by atoms with Gasteiger partial charge in [-0.15, -0.1) is 0 Å². The van der Waals surface area contributed by atoms with Crippen LogP contribution in [0.2, 0.25) is 0 Å². The van der Waals surface area contributed by atoms with Gasteiger partial charge in [0.25, 0.3) is 5.91 Å². The molecule has 0 spiro atoms. The number of esters is 1. The molecule has 0 aromatic heterocycles. The maximum absolute atomic E-state index is 12.5. The third-order valence-corrected chi connectivity index (χ3v) is 5.29. The van der Waals surface area contributed by atoms with Gasteiger partial charge < -0.3 is 14.2 Å². The highest BCUT2D eigenvalue weighted by Crippen LogP contribution is 2.33. The van der Waals surface area contributed by atoms with Crippen molar-refractivity contribution in [3.8, 4) is 17.2 Å². The number of amides is 1. The Morgan fingerprint density at radius 2 is 1.74 bits per heavy atom. The predicted molar refractivity (Wildman–Crippen MR) is 121 cm³/mol. The second kappa shape index (κ2) is 9.32. The topological polar surface area (TPSA) is 86.2 Å². The molecule has 0 aliphatic carbocycles. The number of fused-ring (bicyclic) bond motifs is 1. The Balaban J connectivity index is 1.51. The number of nitrogens with zero attached hydrogens (tertiary/aromatic N) is 1. The molecule has 9 heteroatoms. The van der Waals surface area contributed by atoms with Crippen LogP contribution in [-0.2, 0) is 0 Å². The first-order valence-corrected chi connectivity index (χ1v) is 10.6. The summed E-state index contributed by atoms with van der Waals surface area (Å²) in [7, 11) is 0. The van der Waals surface area contributed by atoms with Crippen LogP contribution in [0.3, 0.4) is 0 Å². The fourth-order valence-electron chi connectivity index (χ4n) is 2.77. The molecule has 0 atom stereocenters. The largest absolute Gasteiger partial charge is 0.454 e. The predicted octanol–water partition coefficient (Wildman–Crippen LogP) is 4.92. The maximum atomic E-state index is 12.5. The number of hydrogen-bond acceptors (Lipinski definition) is 6. The van der Waals surface area contributed by atoms with Gasteiger partial charge in [0.15, 0.2) is 17.2 Å². The van der Waals surface area contributed by atoms with E-state index in [-0.39, 0.29) is 12.5 Å². The van der Waals surface area contributed by atoms with Crippen molar-refractivity contribution in [1.29, 1.82) is 0 Å². The Kier molecular flexibility index (Phi) is 6.34. The second-order valence-electron chi connectivity index (χ2n) is 6.33. The molecule has 1 heterocycles. The van der Waals surface area contributed by atoms with Gasteiger partial charge >= 0.3 is 5.97 Å². The zero-order valence-corrected chi connectivity index (χ0v) is 19.0. The van der Waals surface area contributed by atoms with Crippen molar-refractivity contribution in [2.45, 2.75) is 0 Å². The summed E-state index contributed by atoms with van der Waals surface area (Å²) < 4.78 is 17.4. The van der Waals surface area contributed by atoms with Gasteiger partial charge in [-0.05, 0) is 58.4 Å². The number of nitrogens with one attached hydrogen (secondary N) is 1. The summed E-state index contributed by atoms with van der Waals surface area (Å²) in [5, 5.41) is 4.00. The summed E-state index contributed by atoms with van der Waals surface area (Å²) in [6.45, 7) is 0.126. The first kappa shape index (κ1) is 21.1. The monoisotopic (exact) mass is 544 g/mol. The Hall–Kier alpha value is -3.17. The highest BCUT2D eigenvalue weighted by molar-refractivity contribution is 9.11. The van der Waals surface area contributed by atoms with E-state index in [1.165, 1.54) is 6.21 Å². The van der Waals surface area contributed by atoms with Crippen molar-refractivity contribution >= 4 is 50.0 Å². The fraction of sp³-hybridized carbons (Fsp3) is 0.0455. The molecule has 3 aromatic rings. The number of benzene rings is 3. The molecular formula is C22H14Br2N2O5. The van der Waals surface area contributed by atoms with Crippen molar-refractivity contribution in [3.05, 3.63) is 86.3 Å². The Morgan fingerprint density at radius 3 is 2.55 bits per heavy atom. The van der Waals surface area contributed by atoms with E-state index in [9.17, 15) is 9.59 Å². The average Bonchev–Trinajstić information content (AvgIpc) is 3.24. The van der Waals surface area contributed by atoms with Crippen LogP contribution in [0.1, 0.15) is 26.3 Å². The number of ether oxygens (including phenoxy) is 3. The van der Waals surface area contributed by atoms with Crippen LogP contribution in [0.15, 0.2) is 74.7 Å². The molecule has 0 radical (unpaired) electrons. The number of carbonyl (C=O) groups is 2. The van der Waals surface area contributed by atoms with E-state index in [1.807, 2.05) is 6.07 Å². The van der Waals surface area contributed by atoms with E-state index in [0.717, 1.165) is 4.47 Å². The smallest absolute Gasteiger partial charge is 0.343 e. The highest BCUT2D eigenvalue weighted by Gasteiger charge is 2.17. The third kappa shape index (κ3) is 4.95. The lowest BCUT2D eigenvalue weighted by Crippen LogP contribution is -2.17. The molecule has 4 rings (SSSR count). The number of hydrazone groups is 1. The van der Waals surface area contributed by atoms with Crippen LogP contribution < -0.4 is 19.6 Å². The Morgan fingerprint density at radius 1 is 0.968 bits per heavy atom. The van der Waals surface area contributed by atoms with Crippen LogP contribution in [0.25, 0.3) is 0 Å². The molecule has 3 aromatic carbocycles. The van der Waals surface area contributed by atoms with Crippen LogP contribution in [0.5, 0.6) is 17.2 Å². The van der Waals surface area contributed by atoms with Crippen molar-refractivity contribution in [2.24, 2.45) is 5.10 Å². The molecule has 156 valence electrons. The second-order valence-corrected chi connectivity index (χ2v) is 8.10. The number of hydrogen-bond donors (Lipinski definition) is 1. The van der Waals surface area contributed by atoms with Gasteiger partial charge in [0.05, 0.1) is 16.3 Å². The Bertz CT molecular complexity index is 1180. The van der Waals surface area contributed by atoms with Gasteiger partial charge in [-0.3, -0.25) is 4.79 Å². The lowest BCUT2D eigenvalue weighted by molar-refractivity contribution is 0.0733. The minimum Gasteiger partial charge on any atom is -0.454 e. The summed E-state index contributed by atoms with van der Waals surface area (Å²) in [6, 6.07) is 17.0. The molecule has 7 nitrogen and oxygen atoms in total. The molecule has 31 heavy (non-hydrogen) atoms. The number of carbonyl (C=O) groups excluding carboxylic acids is 2. The van der Waals surface area contributed by atoms with Gasteiger partial charge in [0, 0.05) is 15.6 Å². The first-order chi connectivity index (χ1) is 15.0. The zero-order chi connectivity index (χ0) is 21.8. The van der Waals surface area contributed by atoms with E-state index in [4.69, 9.17) is 14.2 Å². The SMILES string of the molecule is O=C(N/N=C/c1cc(Br)cc(Br)c1OC(=O)c1ccccc1)c1ccc2c(c1)OCO2. The minimum atomic E-state index is -0.511. The van der Waals surface area contributed by atoms with Crippen LogP contribution in [0.4, 0.5) is 0 Å². The molecule has 0 unspecified atom stereocenters. The van der Waals surface area contributed by atoms with Gasteiger partial charge in [-0.2, -0.15) is 5.10 Å². The van der Waals surface area contributed by atoms with Crippen LogP contribution in [0, 0.1) is 0 Å². The maximum Gasteiger partial charge on any atom is 0.343 e. The molecule has 0 saturated carbocycles. The molecule has 0 fully saturated rings. The molecular weight excluding hydrogens is 532 g/mol. The fourth-order valence-corrected chi connectivity index (χ4v) is 4.11. The lowest BCUT2D eigenvalue weighted by atomic mass is 10.2. The summed E-state index contributed by atoms with van der Waals surface area (Å²) in [6.07, 6.45) is 1.40. The van der Waals surface area contributed by atoms with Crippen molar-refractivity contribution in [1.82, 2.24) is 5.43 Å². The summed E-state index contributed by atoms with van der Waals surface area (Å²) in [4.78, 5) is 24.9. The van der Waals surface area contributed by atoms with E-state index in [0.29, 0.717) is 32.7 Å². The number of rotatable bonds is 5. The van der Waals surface area contributed by atoms with Crippen LogP contribution in [-0.4, -0.2) is 24.9 Å². The normalized spacial score (nSPS) is 12.1. The van der Waals surface area contributed by atoms with Crippen molar-refractivity contribution in [2.75, 3.05) is 6.79 Å². The van der Waals surface area contributed by atoms with E-state index in [2.05, 4.69) is 42.4 Å². The molecule has 0 bridgehead atoms. The first-order valence-electron chi connectivity index (χ1n) is 9.00.